The van der Waals surface area contributed by atoms with E-state index in [0.29, 0.717) is 25.3 Å². The standard InChI is InChI=1S/C22H25N3O4/c1-4-18-15(12-27-2)11-19(29-18)22(26)25-10-9-17-20(24-13-23-17)21(25)14-5-7-16(28-3)8-6-14/h5-8,11,13,21H,4,9-10,12H2,1-3H3,(H,23,24). The highest BCUT2D eigenvalue weighted by Gasteiger charge is 2.36. The van der Waals surface area contributed by atoms with Crippen LogP contribution in [0, 0.1) is 0 Å². The second kappa shape index (κ2) is 8.13. The first-order valence-electron chi connectivity index (χ1n) is 9.73. The van der Waals surface area contributed by atoms with E-state index < -0.39 is 0 Å². The molecule has 0 saturated heterocycles. The van der Waals surface area contributed by atoms with E-state index in [9.17, 15) is 4.79 Å². The van der Waals surface area contributed by atoms with Gasteiger partial charge in [0.15, 0.2) is 5.76 Å². The second-order valence-electron chi connectivity index (χ2n) is 7.04. The Morgan fingerprint density at radius 2 is 2.10 bits per heavy atom. The zero-order chi connectivity index (χ0) is 20.4. The summed E-state index contributed by atoms with van der Waals surface area (Å²) in [6.45, 7) is 3.00. The third-order valence-electron chi connectivity index (χ3n) is 5.35. The number of imidazole rings is 1. The van der Waals surface area contributed by atoms with Crippen molar-refractivity contribution in [1.82, 2.24) is 14.9 Å². The van der Waals surface area contributed by atoms with Crippen LogP contribution in [0.25, 0.3) is 0 Å². The third-order valence-corrected chi connectivity index (χ3v) is 5.35. The molecule has 3 aromatic rings. The molecule has 0 aliphatic carbocycles. The smallest absolute Gasteiger partial charge is 0.290 e. The summed E-state index contributed by atoms with van der Waals surface area (Å²) in [5.41, 5.74) is 3.82. The molecule has 1 atom stereocenters. The van der Waals surface area contributed by atoms with Crippen molar-refractivity contribution in [2.45, 2.75) is 32.4 Å². The number of fused-ring (bicyclic) bond motifs is 1. The van der Waals surface area contributed by atoms with Gasteiger partial charge in [-0.15, -0.1) is 0 Å². The van der Waals surface area contributed by atoms with Gasteiger partial charge in [-0.3, -0.25) is 4.79 Å². The molecule has 29 heavy (non-hydrogen) atoms. The lowest BCUT2D eigenvalue weighted by Crippen LogP contribution is -2.40. The molecule has 7 heteroatoms. The van der Waals surface area contributed by atoms with E-state index in [4.69, 9.17) is 13.9 Å². The fraction of sp³-hybridized carbons (Fsp3) is 0.364. The minimum atomic E-state index is -0.288. The van der Waals surface area contributed by atoms with Crippen LogP contribution in [0.15, 0.2) is 41.1 Å². The summed E-state index contributed by atoms with van der Waals surface area (Å²) in [7, 11) is 3.27. The van der Waals surface area contributed by atoms with Crippen molar-refractivity contribution in [2.24, 2.45) is 0 Å². The van der Waals surface area contributed by atoms with E-state index in [1.165, 1.54) is 0 Å². The number of aromatic amines is 1. The fourth-order valence-corrected chi connectivity index (χ4v) is 3.91. The highest BCUT2D eigenvalue weighted by Crippen LogP contribution is 2.35. The summed E-state index contributed by atoms with van der Waals surface area (Å²) >= 11 is 0. The van der Waals surface area contributed by atoms with Crippen molar-refractivity contribution >= 4 is 5.91 Å². The zero-order valence-electron chi connectivity index (χ0n) is 16.9. The average molecular weight is 395 g/mol. The number of hydrogen-bond donors (Lipinski definition) is 1. The lowest BCUT2D eigenvalue weighted by atomic mass is 9.95. The van der Waals surface area contributed by atoms with Crippen LogP contribution in [0.1, 0.15) is 51.8 Å². The molecule has 0 spiro atoms. The average Bonchev–Trinajstić information content (AvgIpc) is 3.39. The second-order valence-corrected chi connectivity index (χ2v) is 7.04. The van der Waals surface area contributed by atoms with Gasteiger partial charge >= 0.3 is 0 Å². The Labute approximate surface area is 169 Å². The van der Waals surface area contributed by atoms with Gasteiger partial charge in [0.05, 0.1) is 25.7 Å². The molecule has 4 rings (SSSR count). The molecule has 2 aromatic heterocycles. The number of rotatable bonds is 6. The number of benzene rings is 1. The molecular weight excluding hydrogens is 370 g/mol. The number of aromatic nitrogens is 2. The molecular formula is C22H25N3O4. The van der Waals surface area contributed by atoms with E-state index in [1.54, 1.807) is 26.6 Å². The number of H-pyrrole nitrogens is 1. The normalized spacial score (nSPS) is 16.0. The van der Waals surface area contributed by atoms with Crippen LogP contribution in [-0.4, -0.2) is 41.5 Å². The Morgan fingerprint density at radius 1 is 1.31 bits per heavy atom. The first-order chi connectivity index (χ1) is 14.2. The van der Waals surface area contributed by atoms with E-state index in [0.717, 1.165) is 40.4 Å². The lowest BCUT2D eigenvalue weighted by molar-refractivity contribution is 0.0656. The Hall–Kier alpha value is -3.06. The summed E-state index contributed by atoms with van der Waals surface area (Å²) in [5.74, 6) is 1.75. The number of amides is 1. The third kappa shape index (κ3) is 3.53. The highest BCUT2D eigenvalue weighted by molar-refractivity contribution is 5.92. The predicted octanol–water partition coefficient (Wildman–Crippen LogP) is 3.51. The molecule has 0 bridgehead atoms. The van der Waals surface area contributed by atoms with Crippen molar-refractivity contribution in [3.8, 4) is 5.75 Å². The van der Waals surface area contributed by atoms with Gasteiger partial charge in [0, 0.05) is 37.8 Å². The van der Waals surface area contributed by atoms with Crippen LogP contribution >= 0.6 is 0 Å². The molecule has 152 valence electrons. The van der Waals surface area contributed by atoms with E-state index in [2.05, 4.69) is 9.97 Å². The predicted molar refractivity (Wildman–Crippen MR) is 107 cm³/mol. The summed E-state index contributed by atoms with van der Waals surface area (Å²) in [4.78, 5) is 23.0. The maximum absolute atomic E-state index is 13.5. The Kier molecular flexibility index (Phi) is 5.40. The zero-order valence-corrected chi connectivity index (χ0v) is 16.9. The van der Waals surface area contributed by atoms with Gasteiger partial charge < -0.3 is 23.8 Å². The number of furan rings is 1. The SMILES string of the molecule is CCc1oc(C(=O)N2CCc3[nH]cnc3C2c2ccc(OC)cc2)cc1COC. The van der Waals surface area contributed by atoms with Crippen LogP contribution in [0.3, 0.4) is 0 Å². The molecule has 1 N–H and O–H groups in total. The van der Waals surface area contributed by atoms with E-state index >= 15 is 0 Å². The lowest BCUT2D eigenvalue weighted by Gasteiger charge is -2.34. The van der Waals surface area contributed by atoms with Gasteiger partial charge in [0.1, 0.15) is 17.6 Å². The molecule has 3 heterocycles. The van der Waals surface area contributed by atoms with Gasteiger partial charge in [-0.25, -0.2) is 4.98 Å². The Bertz CT molecular complexity index is 990. The summed E-state index contributed by atoms with van der Waals surface area (Å²) in [6.07, 6.45) is 3.12. The number of nitrogens with one attached hydrogen (secondary N) is 1. The molecule has 1 amide bonds. The van der Waals surface area contributed by atoms with Crippen molar-refractivity contribution in [1.29, 1.82) is 0 Å². The molecule has 1 aliphatic rings. The first-order valence-corrected chi connectivity index (χ1v) is 9.73. The molecule has 0 radical (unpaired) electrons. The van der Waals surface area contributed by atoms with Crippen LogP contribution in [0.5, 0.6) is 5.75 Å². The van der Waals surface area contributed by atoms with Crippen LogP contribution < -0.4 is 4.74 Å². The molecule has 7 nitrogen and oxygen atoms in total. The molecule has 1 aromatic carbocycles. The molecule has 1 unspecified atom stereocenters. The van der Waals surface area contributed by atoms with E-state index in [1.807, 2.05) is 36.1 Å². The van der Waals surface area contributed by atoms with Crippen molar-refractivity contribution < 1.29 is 18.7 Å². The minimum Gasteiger partial charge on any atom is -0.497 e. The largest absolute Gasteiger partial charge is 0.497 e. The van der Waals surface area contributed by atoms with Crippen LogP contribution in [-0.2, 0) is 24.2 Å². The number of ether oxygens (including phenoxy) is 2. The Morgan fingerprint density at radius 3 is 2.79 bits per heavy atom. The van der Waals surface area contributed by atoms with Crippen LogP contribution in [0.2, 0.25) is 0 Å². The fourth-order valence-electron chi connectivity index (χ4n) is 3.91. The Balaban J connectivity index is 1.72. The molecule has 1 aliphatic heterocycles. The van der Waals surface area contributed by atoms with Crippen molar-refractivity contribution in [2.75, 3.05) is 20.8 Å². The molecule has 0 fully saturated rings. The summed E-state index contributed by atoms with van der Waals surface area (Å²) in [6, 6.07) is 9.27. The van der Waals surface area contributed by atoms with Crippen LogP contribution in [0.4, 0.5) is 0 Å². The van der Waals surface area contributed by atoms with Gasteiger partial charge in [0.2, 0.25) is 0 Å². The van der Waals surface area contributed by atoms with Gasteiger partial charge in [-0.2, -0.15) is 0 Å². The maximum atomic E-state index is 13.5. The summed E-state index contributed by atoms with van der Waals surface area (Å²) in [5, 5.41) is 0. The van der Waals surface area contributed by atoms with Gasteiger partial charge in [-0.05, 0) is 23.8 Å². The molecule has 0 saturated carbocycles. The number of carbonyl (C=O) groups is 1. The number of carbonyl (C=O) groups excluding carboxylic acids is 1. The maximum Gasteiger partial charge on any atom is 0.290 e. The van der Waals surface area contributed by atoms with Gasteiger partial charge in [-0.1, -0.05) is 19.1 Å². The minimum absolute atomic E-state index is 0.142. The monoisotopic (exact) mass is 395 g/mol. The first kappa shape index (κ1) is 19.3. The summed E-state index contributed by atoms with van der Waals surface area (Å²) < 4.78 is 16.4. The quantitative estimate of drug-likeness (QED) is 0.691. The van der Waals surface area contributed by atoms with E-state index in [-0.39, 0.29) is 11.9 Å². The topological polar surface area (TPSA) is 80.6 Å². The number of aryl methyl sites for hydroxylation is 1. The van der Waals surface area contributed by atoms with Crippen molar-refractivity contribution in [3.63, 3.8) is 0 Å². The van der Waals surface area contributed by atoms with Crippen molar-refractivity contribution in [3.05, 3.63) is 70.7 Å². The highest BCUT2D eigenvalue weighted by atomic mass is 16.5. The number of nitrogens with zero attached hydrogens (tertiary/aromatic N) is 2. The number of hydrogen-bond acceptors (Lipinski definition) is 5. The van der Waals surface area contributed by atoms with Gasteiger partial charge in [0.25, 0.3) is 5.91 Å². The number of methoxy groups -OCH3 is 2.